The summed E-state index contributed by atoms with van der Waals surface area (Å²) >= 11 is 0. The lowest BCUT2D eigenvalue weighted by Gasteiger charge is -2.30. The standard InChI is InChI=1S/C13H18N2O5S/c16-9-11-5-7-14(8-6-11)21(19,20)10-12-1-3-13(4-2-12)15(17)18/h1-4,11,16H,5-10H2. The molecule has 1 aliphatic heterocycles. The highest BCUT2D eigenvalue weighted by molar-refractivity contribution is 7.88. The Hall–Kier alpha value is -1.51. The van der Waals surface area contributed by atoms with Gasteiger partial charge in [0.15, 0.2) is 0 Å². The van der Waals surface area contributed by atoms with E-state index in [0.29, 0.717) is 31.5 Å². The first kappa shape index (κ1) is 15.9. The molecule has 0 amide bonds. The quantitative estimate of drug-likeness (QED) is 0.648. The molecule has 1 heterocycles. The van der Waals surface area contributed by atoms with Crippen molar-refractivity contribution < 1.29 is 18.4 Å². The molecule has 0 radical (unpaired) electrons. The number of non-ortho nitro benzene ring substituents is 1. The highest BCUT2D eigenvalue weighted by Crippen LogP contribution is 2.22. The van der Waals surface area contributed by atoms with Crippen LogP contribution in [0.15, 0.2) is 24.3 Å². The summed E-state index contributed by atoms with van der Waals surface area (Å²) in [6.45, 7) is 0.928. The molecule has 0 saturated carbocycles. The molecule has 1 N–H and O–H groups in total. The summed E-state index contributed by atoms with van der Waals surface area (Å²) in [6, 6.07) is 5.55. The highest BCUT2D eigenvalue weighted by atomic mass is 32.2. The number of rotatable bonds is 5. The van der Waals surface area contributed by atoms with Gasteiger partial charge in [0.2, 0.25) is 10.0 Å². The molecule has 8 heteroatoms. The second kappa shape index (κ2) is 6.50. The summed E-state index contributed by atoms with van der Waals surface area (Å²) in [5.41, 5.74) is 0.477. The first-order valence-electron chi connectivity index (χ1n) is 6.74. The maximum absolute atomic E-state index is 12.3. The van der Waals surface area contributed by atoms with Gasteiger partial charge in [-0.1, -0.05) is 12.1 Å². The van der Waals surface area contributed by atoms with E-state index in [4.69, 9.17) is 5.11 Å². The summed E-state index contributed by atoms with van der Waals surface area (Å²) < 4.78 is 26.0. The number of sulfonamides is 1. The van der Waals surface area contributed by atoms with Crippen LogP contribution in [0.3, 0.4) is 0 Å². The Morgan fingerprint density at radius 1 is 1.24 bits per heavy atom. The number of hydrogen-bond donors (Lipinski definition) is 1. The molecule has 0 aromatic heterocycles. The molecule has 1 saturated heterocycles. The summed E-state index contributed by atoms with van der Waals surface area (Å²) in [5, 5.41) is 19.6. The van der Waals surface area contributed by atoms with Gasteiger partial charge >= 0.3 is 0 Å². The normalized spacial score (nSPS) is 17.8. The minimum Gasteiger partial charge on any atom is -0.396 e. The van der Waals surface area contributed by atoms with Crippen LogP contribution >= 0.6 is 0 Å². The Bertz CT molecular complexity index is 591. The number of nitrogens with zero attached hydrogens (tertiary/aromatic N) is 2. The van der Waals surface area contributed by atoms with Gasteiger partial charge in [-0.3, -0.25) is 10.1 Å². The van der Waals surface area contributed by atoms with E-state index in [1.165, 1.54) is 28.6 Å². The lowest BCUT2D eigenvalue weighted by atomic mass is 10.00. The van der Waals surface area contributed by atoms with E-state index in [9.17, 15) is 18.5 Å². The number of benzene rings is 1. The third-order valence-corrected chi connectivity index (χ3v) is 5.57. The Kier molecular flexibility index (Phi) is 4.92. The van der Waals surface area contributed by atoms with Crippen LogP contribution in [0.4, 0.5) is 5.69 Å². The predicted molar refractivity (Wildman–Crippen MR) is 77.1 cm³/mol. The molecule has 0 bridgehead atoms. The van der Waals surface area contributed by atoms with Gasteiger partial charge < -0.3 is 5.11 Å². The van der Waals surface area contributed by atoms with Crippen LogP contribution in [0, 0.1) is 16.0 Å². The van der Waals surface area contributed by atoms with E-state index < -0.39 is 14.9 Å². The Balaban J connectivity index is 2.02. The maximum atomic E-state index is 12.3. The zero-order chi connectivity index (χ0) is 15.5. The average molecular weight is 314 g/mol. The molecular weight excluding hydrogens is 296 g/mol. The number of aliphatic hydroxyl groups is 1. The van der Waals surface area contributed by atoms with Crippen LogP contribution in [-0.4, -0.2) is 42.4 Å². The fourth-order valence-electron chi connectivity index (χ4n) is 2.39. The zero-order valence-corrected chi connectivity index (χ0v) is 12.3. The number of aliphatic hydroxyl groups excluding tert-OH is 1. The lowest BCUT2D eigenvalue weighted by Crippen LogP contribution is -2.39. The minimum atomic E-state index is -3.42. The highest BCUT2D eigenvalue weighted by Gasteiger charge is 2.27. The predicted octanol–water partition coefficient (Wildman–Crippen LogP) is 1.13. The van der Waals surface area contributed by atoms with Crippen LogP contribution in [0.25, 0.3) is 0 Å². The molecular formula is C13H18N2O5S. The first-order chi connectivity index (χ1) is 9.92. The van der Waals surface area contributed by atoms with Crippen molar-refractivity contribution in [3.05, 3.63) is 39.9 Å². The van der Waals surface area contributed by atoms with Gasteiger partial charge in [-0.15, -0.1) is 0 Å². The topological polar surface area (TPSA) is 101 Å². The van der Waals surface area contributed by atoms with Crippen molar-refractivity contribution >= 4 is 15.7 Å². The summed E-state index contributed by atoms with van der Waals surface area (Å²) in [6.07, 6.45) is 1.33. The van der Waals surface area contributed by atoms with Crippen molar-refractivity contribution in [2.45, 2.75) is 18.6 Å². The maximum Gasteiger partial charge on any atom is 0.269 e. The van der Waals surface area contributed by atoms with Crippen LogP contribution < -0.4 is 0 Å². The molecule has 0 unspecified atom stereocenters. The van der Waals surface area contributed by atoms with Gasteiger partial charge in [0.25, 0.3) is 5.69 Å². The summed E-state index contributed by atoms with van der Waals surface area (Å²) in [4.78, 5) is 10.0. The van der Waals surface area contributed by atoms with E-state index >= 15 is 0 Å². The van der Waals surface area contributed by atoms with Gasteiger partial charge in [-0.2, -0.15) is 0 Å². The van der Waals surface area contributed by atoms with Crippen LogP contribution in [0.5, 0.6) is 0 Å². The van der Waals surface area contributed by atoms with Crippen molar-refractivity contribution in [2.24, 2.45) is 5.92 Å². The molecule has 0 aliphatic carbocycles. The molecule has 0 spiro atoms. The summed E-state index contributed by atoms with van der Waals surface area (Å²) in [5.74, 6) is 0.0187. The van der Waals surface area contributed by atoms with E-state index in [1.807, 2.05) is 0 Å². The third-order valence-electron chi connectivity index (χ3n) is 3.72. The smallest absolute Gasteiger partial charge is 0.269 e. The molecule has 1 aromatic rings. The average Bonchev–Trinajstić information content (AvgIpc) is 2.47. The number of piperidine rings is 1. The van der Waals surface area contributed by atoms with Crippen LogP contribution in [0.1, 0.15) is 18.4 Å². The van der Waals surface area contributed by atoms with Gasteiger partial charge in [0.05, 0.1) is 10.7 Å². The van der Waals surface area contributed by atoms with Gasteiger partial charge in [0.1, 0.15) is 0 Å². The SMILES string of the molecule is O=[N+]([O-])c1ccc(CS(=O)(=O)N2CCC(CO)CC2)cc1. The lowest BCUT2D eigenvalue weighted by molar-refractivity contribution is -0.384. The largest absolute Gasteiger partial charge is 0.396 e. The Morgan fingerprint density at radius 2 is 1.81 bits per heavy atom. The van der Waals surface area contributed by atoms with Gasteiger partial charge in [-0.25, -0.2) is 12.7 Å². The summed E-state index contributed by atoms with van der Waals surface area (Å²) in [7, 11) is -3.42. The van der Waals surface area contributed by atoms with Crippen molar-refractivity contribution in [3.63, 3.8) is 0 Å². The Labute approximate surface area is 123 Å². The molecule has 116 valence electrons. The van der Waals surface area contributed by atoms with E-state index in [2.05, 4.69) is 0 Å². The van der Waals surface area contributed by atoms with E-state index in [-0.39, 0.29) is 24.0 Å². The molecule has 1 aromatic carbocycles. The second-order valence-electron chi connectivity index (χ2n) is 5.20. The van der Waals surface area contributed by atoms with E-state index in [1.54, 1.807) is 0 Å². The first-order valence-corrected chi connectivity index (χ1v) is 8.35. The van der Waals surface area contributed by atoms with Crippen LogP contribution in [0.2, 0.25) is 0 Å². The molecule has 1 fully saturated rings. The monoisotopic (exact) mass is 314 g/mol. The molecule has 2 rings (SSSR count). The number of hydrogen-bond acceptors (Lipinski definition) is 5. The fraction of sp³-hybridized carbons (Fsp3) is 0.538. The molecule has 0 atom stereocenters. The number of nitro groups is 1. The Morgan fingerprint density at radius 3 is 2.29 bits per heavy atom. The van der Waals surface area contributed by atoms with Crippen molar-refractivity contribution in [3.8, 4) is 0 Å². The molecule has 1 aliphatic rings. The van der Waals surface area contributed by atoms with Crippen molar-refractivity contribution in [1.29, 1.82) is 0 Å². The molecule has 7 nitrogen and oxygen atoms in total. The minimum absolute atomic E-state index is 0.0556. The molecule has 21 heavy (non-hydrogen) atoms. The number of nitro benzene ring substituents is 1. The van der Waals surface area contributed by atoms with Crippen molar-refractivity contribution in [1.82, 2.24) is 4.31 Å². The zero-order valence-electron chi connectivity index (χ0n) is 11.5. The van der Waals surface area contributed by atoms with E-state index in [0.717, 1.165) is 0 Å². The van der Waals surface area contributed by atoms with Gasteiger partial charge in [-0.05, 0) is 24.3 Å². The van der Waals surface area contributed by atoms with Crippen molar-refractivity contribution in [2.75, 3.05) is 19.7 Å². The van der Waals surface area contributed by atoms with Crippen LogP contribution in [-0.2, 0) is 15.8 Å². The van der Waals surface area contributed by atoms with Gasteiger partial charge in [0, 0.05) is 31.8 Å². The third kappa shape index (κ3) is 3.99. The second-order valence-corrected chi connectivity index (χ2v) is 7.17. The fourth-order valence-corrected chi connectivity index (χ4v) is 3.95.